The Balaban J connectivity index is 2.03. The number of rotatable bonds is 4. The van der Waals surface area contributed by atoms with E-state index in [0.29, 0.717) is 5.75 Å². The zero-order valence-electron chi connectivity index (χ0n) is 10.4. The summed E-state index contributed by atoms with van der Waals surface area (Å²) in [5.41, 5.74) is 8.51. The molecule has 6 heteroatoms. The van der Waals surface area contributed by atoms with Crippen molar-refractivity contribution >= 4 is 23.5 Å². The number of nitrogens with two attached hydrogens (primary N) is 1. The Labute approximate surface area is 121 Å². The van der Waals surface area contributed by atoms with E-state index in [-0.39, 0.29) is 10.9 Å². The molecule has 0 heterocycles. The highest BCUT2D eigenvalue weighted by Crippen LogP contribution is 2.23. The van der Waals surface area contributed by atoms with Crippen LogP contribution in [0.5, 0.6) is 11.5 Å². The van der Waals surface area contributed by atoms with E-state index in [1.54, 1.807) is 48.7 Å². The van der Waals surface area contributed by atoms with Crippen LogP contribution in [-0.2, 0) is 0 Å². The molecule has 0 radical (unpaired) electrons. The molecular weight excluding hydrogens is 277 g/mol. The third kappa shape index (κ3) is 4.03. The summed E-state index contributed by atoms with van der Waals surface area (Å²) in [4.78, 5) is 0. The van der Waals surface area contributed by atoms with E-state index in [0.717, 1.165) is 5.56 Å². The number of nitrogens with zero attached hydrogens (tertiary/aromatic N) is 1. The summed E-state index contributed by atoms with van der Waals surface area (Å²) in [6.07, 6.45) is 1.56. The number of hydrogen-bond donors (Lipinski definition) is 2. The average Bonchev–Trinajstić information content (AvgIpc) is 2.43. The molecule has 0 aromatic heterocycles. The smallest absolute Gasteiger partial charge is 0.184 e. The van der Waals surface area contributed by atoms with Crippen molar-refractivity contribution in [3.63, 3.8) is 0 Å². The lowest BCUT2D eigenvalue weighted by molar-refractivity contribution is 0.442. The normalized spacial score (nSPS) is 10.4. The zero-order chi connectivity index (χ0) is 14.4. The van der Waals surface area contributed by atoms with Crippen LogP contribution < -0.4 is 15.9 Å². The van der Waals surface area contributed by atoms with Crippen molar-refractivity contribution in [3.8, 4) is 11.5 Å². The van der Waals surface area contributed by atoms with E-state index in [1.165, 1.54) is 6.07 Å². The highest BCUT2D eigenvalue weighted by Gasteiger charge is 2.02. The van der Waals surface area contributed by atoms with Gasteiger partial charge in [0.05, 0.1) is 6.21 Å². The topological polar surface area (TPSA) is 59.6 Å². The summed E-state index contributed by atoms with van der Waals surface area (Å²) < 4.78 is 18.8. The molecule has 20 heavy (non-hydrogen) atoms. The van der Waals surface area contributed by atoms with Crippen LogP contribution >= 0.6 is 12.2 Å². The van der Waals surface area contributed by atoms with Crippen LogP contribution in [0.1, 0.15) is 5.56 Å². The Morgan fingerprint density at radius 1 is 1.20 bits per heavy atom. The highest BCUT2D eigenvalue weighted by molar-refractivity contribution is 7.80. The Bertz CT molecular complexity index is 629. The molecule has 0 aliphatic carbocycles. The number of thiocarbonyl (C=S) groups is 1. The molecule has 0 fully saturated rings. The predicted octanol–water partition coefficient (Wildman–Crippen LogP) is 2.79. The molecule has 0 saturated carbocycles. The number of hydrazone groups is 1. The van der Waals surface area contributed by atoms with Gasteiger partial charge in [0.25, 0.3) is 0 Å². The third-order valence-corrected chi connectivity index (χ3v) is 2.42. The van der Waals surface area contributed by atoms with E-state index in [1.807, 2.05) is 0 Å². The first-order valence-electron chi connectivity index (χ1n) is 5.76. The molecule has 0 unspecified atom stereocenters. The largest absolute Gasteiger partial charge is 0.454 e. The van der Waals surface area contributed by atoms with Crippen molar-refractivity contribution < 1.29 is 9.13 Å². The first-order chi connectivity index (χ1) is 9.65. The Hall–Kier alpha value is -2.47. The molecule has 102 valence electrons. The van der Waals surface area contributed by atoms with E-state index in [2.05, 4.69) is 22.7 Å². The van der Waals surface area contributed by atoms with Gasteiger partial charge in [0, 0.05) is 0 Å². The van der Waals surface area contributed by atoms with E-state index in [9.17, 15) is 4.39 Å². The lowest BCUT2D eigenvalue weighted by atomic mass is 10.2. The lowest BCUT2D eigenvalue weighted by Gasteiger charge is -2.06. The van der Waals surface area contributed by atoms with Gasteiger partial charge in [-0.25, -0.2) is 4.39 Å². The molecule has 0 aliphatic rings. The van der Waals surface area contributed by atoms with Crippen LogP contribution in [0.25, 0.3) is 0 Å². The van der Waals surface area contributed by atoms with Crippen LogP contribution in [-0.4, -0.2) is 11.3 Å². The SMILES string of the molecule is NC(=S)N/N=C\c1ccc(Oc2ccccc2F)cc1. The van der Waals surface area contributed by atoms with Gasteiger partial charge in [0.15, 0.2) is 16.7 Å². The van der Waals surface area contributed by atoms with Crippen molar-refractivity contribution in [2.45, 2.75) is 0 Å². The summed E-state index contributed by atoms with van der Waals surface area (Å²) in [7, 11) is 0. The molecule has 4 nitrogen and oxygen atoms in total. The van der Waals surface area contributed by atoms with E-state index >= 15 is 0 Å². The molecule has 0 atom stereocenters. The zero-order valence-corrected chi connectivity index (χ0v) is 11.2. The second-order valence-electron chi connectivity index (χ2n) is 3.84. The van der Waals surface area contributed by atoms with Gasteiger partial charge in [-0.3, -0.25) is 5.43 Å². The van der Waals surface area contributed by atoms with Crippen molar-refractivity contribution in [3.05, 3.63) is 59.9 Å². The van der Waals surface area contributed by atoms with Crippen molar-refractivity contribution in [1.82, 2.24) is 5.43 Å². The average molecular weight is 289 g/mol. The van der Waals surface area contributed by atoms with Gasteiger partial charge < -0.3 is 10.5 Å². The van der Waals surface area contributed by atoms with Crippen LogP contribution in [0.2, 0.25) is 0 Å². The van der Waals surface area contributed by atoms with Gasteiger partial charge in [-0.1, -0.05) is 12.1 Å². The number of nitrogens with one attached hydrogen (secondary N) is 1. The molecule has 3 N–H and O–H groups in total. The number of ether oxygens (including phenoxy) is 1. The number of para-hydroxylation sites is 1. The van der Waals surface area contributed by atoms with Crippen LogP contribution in [0.3, 0.4) is 0 Å². The molecular formula is C14H12FN3OS. The van der Waals surface area contributed by atoms with Gasteiger partial charge in [0.2, 0.25) is 0 Å². The van der Waals surface area contributed by atoms with Gasteiger partial charge in [0.1, 0.15) is 5.75 Å². The molecule has 0 bridgehead atoms. The quantitative estimate of drug-likeness (QED) is 0.516. The highest BCUT2D eigenvalue weighted by atomic mass is 32.1. The number of hydrogen-bond acceptors (Lipinski definition) is 3. The molecule has 2 aromatic carbocycles. The van der Waals surface area contributed by atoms with Crippen LogP contribution in [0, 0.1) is 5.82 Å². The Morgan fingerprint density at radius 2 is 1.90 bits per heavy atom. The Kier molecular flexibility index (Phi) is 4.62. The van der Waals surface area contributed by atoms with Crippen molar-refractivity contribution in [2.24, 2.45) is 10.8 Å². The van der Waals surface area contributed by atoms with Gasteiger partial charge in [-0.05, 0) is 54.2 Å². The Morgan fingerprint density at radius 3 is 2.55 bits per heavy atom. The standard InChI is InChI=1S/C14H12FN3OS/c15-12-3-1-2-4-13(12)19-11-7-5-10(6-8-11)9-17-18-14(16)20/h1-9H,(H3,16,18,20)/b17-9-. The summed E-state index contributed by atoms with van der Waals surface area (Å²) in [5, 5.41) is 3.92. The summed E-state index contributed by atoms with van der Waals surface area (Å²) >= 11 is 4.61. The maximum absolute atomic E-state index is 13.4. The molecule has 0 aliphatic heterocycles. The lowest BCUT2D eigenvalue weighted by Crippen LogP contribution is -2.23. The van der Waals surface area contributed by atoms with Crippen molar-refractivity contribution in [1.29, 1.82) is 0 Å². The maximum Gasteiger partial charge on any atom is 0.184 e. The van der Waals surface area contributed by atoms with Gasteiger partial charge in [-0.15, -0.1) is 0 Å². The first kappa shape index (κ1) is 14.0. The minimum atomic E-state index is -0.404. The molecule has 0 amide bonds. The minimum absolute atomic E-state index is 0.0979. The fourth-order valence-electron chi connectivity index (χ4n) is 1.45. The van der Waals surface area contributed by atoms with Gasteiger partial charge in [-0.2, -0.15) is 5.10 Å². The van der Waals surface area contributed by atoms with Gasteiger partial charge >= 0.3 is 0 Å². The fourth-order valence-corrected chi connectivity index (χ4v) is 1.50. The molecule has 2 rings (SSSR count). The number of halogens is 1. The van der Waals surface area contributed by atoms with E-state index in [4.69, 9.17) is 10.5 Å². The predicted molar refractivity (Wildman–Crippen MR) is 80.4 cm³/mol. The third-order valence-electron chi connectivity index (χ3n) is 2.33. The molecule has 2 aromatic rings. The fraction of sp³-hybridized carbons (Fsp3) is 0. The summed E-state index contributed by atoms with van der Waals surface area (Å²) in [6, 6.07) is 13.2. The summed E-state index contributed by atoms with van der Waals surface area (Å²) in [6.45, 7) is 0. The van der Waals surface area contributed by atoms with Crippen LogP contribution in [0.4, 0.5) is 4.39 Å². The summed E-state index contributed by atoms with van der Waals surface area (Å²) in [5.74, 6) is 0.317. The van der Waals surface area contributed by atoms with Crippen molar-refractivity contribution in [2.75, 3.05) is 0 Å². The minimum Gasteiger partial charge on any atom is -0.454 e. The molecule has 0 spiro atoms. The first-order valence-corrected chi connectivity index (χ1v) is 6.17. The maximum atomic E-state index is 13.4. The number of benzene rings is 2. The second-order valence-corrected chi connectivity index (χ2v) is 4.28. The molecule has 0 saturated heterocycles. The van der Waals surface area contributed by atoms with E-state index < -0.39 is 5.82 Å². The van der Waals surface area contributed by atoms with Crippen LogP contribution in [0.15, 0.2) is 53.6 Å². The second kappa shape index (κ2) is 6.63. The monoisotopic (exact) mass is 289 g/mol.